The number of nitrogens with two attached hydrogens (primary N) is 1. The number of benzene rings is 1. The van der Waals surface area contributed by atoms with Crippen LogP contribution in [0.25, 0.3) is 20.8 Å². The van der Waals surface area contributed by atoms with Gasteiger partial charge in [-0.25, -0.2) is 4.98 Å². The molecule has 2 aromatic heterocycles. The maximum Gasteiger partial charge on any atom is 0.126 e. The van der Waals surface area contributed by atoms with Crippen molar-refractivity contribution in [2.45, 2.75) is 0 Å². The van der Waals surface area contributed by atoms with Crippen molar-refractivity contribution in [2.75, 3.05) is 5.73 Å². The van der Waals surface area contributed by atoms with Crippen molar-refractivity contribution in [3.05, 3.63) is 42.7 Å². The molecule has 0 aliphatic heterocycles. The summed E-state index contributed by atoms with van der Waals surface area (Å²) in [5.74, 6) is 0. The molecule has 16 heavy (non-hydrogen) atoms. The number of nitrogen functional groups attached to an aromatic ring is 1. The summed E-state index contributed by atoms with van der Waals surface area (Å²) < 4.78 is 1.18. The second-order valence-corrected chi connectivity index (χ2v) is 4.52. The summed E-state index contributed by atoms with van der Waals surface area (Å²) in [6, 6.07) is 9.97. The first-order chi connectivity index (χ1) is 7.83. The molecule has 0 unspecified atom stereocenters. The normalized spacial score (nSPS) is 10.8. The lowest BCUT2D eigenvalue weighted by Crippen LogP contribution is -1.86. The Morgan fingerprint density at radius 1 is 1.12 bits per heavy atom. The van der Waals surface area contributed by atoms with Crippen LogP contribution >= 0.6 is 11.3 Å². The Labute approximate surface area is 96.6 Å². The molecule has 0 spiro atoms. The first-order valence-corrected chi connectivity index (χ1v) is 5.71. The average Bonchev–Trinajstić information content (AvgIpc) is 2.72. The van der Waals surface area contributed by atoms with Crippen LogP contribution in [0.5, 0.6) is 0 Å². The van der Waals surface area contributed by atoms with E-state index in [9.17, 15) is 0 Å². The average molecular weight is 227 g/mol. The van der Waals surface area contributed by atoms with E-state index < -0.39 is 0 Å². The van der Waals surface area contributed by atoms with Crippen molar-refractivity contribution in [3.8, 4) is 10.6 Å². The maximum atomic E-state index is 5.70. The third kappa shape index (κ3) is 1.53. The van der Waals surface area contributed by atoms with E-state index in [1.807, 2.05) is 24.3 Å². The van der Waals surface area contributed by atoms with E-state index in [1.54, 1.807) is 23.7 Å². The summed E-state index contributed by atoms with van der Waals surface area (Å²) in [4.78, 5) is 8.62. The molecule has 0 aliphatic carbocycles. The van der Waals surface area contributed by atoms with Crippen LogP contribution in [0.3, 0.4) is 0 Å². The van der Waals surface area contributed by atoms with Crippen LogP contribution in [0, 0.1) is 0 Å². The zero-order valence-corrected chi connectivity index (χ0v) is 9.24. The lowest BCUT2D eigenvalue weighted by atomic mass is 10.3. The highest BCUT2D eigenvalue weighted by molar-refractivity contribution is 7.21. The first kappa shape index (κ1) is 9.30. The van der Waals surface area contributed by atoms with Gasteiger partial charge in [-0.1, -0.05) is 12.1 Å². The zero-order valence-electron chi connectivity index (χ0n) is 8.42. The van der Waals surface area contributed by atoms with Crippen LogP contribution < -0.4 is 5.73 Å². The number of thiazole rings is 1. The van der Waals surface area contributed by atoms with Gasteiger partial charge in [0, 0.05) is 18.0 Å². The highest BCUT2D eigenvalue weighted by Crippen LogP contribution is 2.29. The smallest absolute Gasteiger partial charge is 0.126 e. The monoisotopic (exact) mass is 227 g/mol. The van der Waals surface area contributed by atoms with Crippen molar-refractivity contribution in [1.82, 2.24) is 9.97 Å². The summed E-state index contributed by atoms with van der Waals surface area (Å²) in [6.07, 6.45) is 3.42. The molecule has 0 radical (unpaired) electrons. The van der Waals surface area contributed by atoms with Crippen LogP contribution in [0.15, 0.2) is 42.7 Å². The molecule has 78 valence electrons. The van der Waals surface area contributed by atoms with Gasteiger partial charge in [0.25, 0.3) is 0 Å². The van der Waals surface area contributed by atoms with E-state index in [2.05, 4.69) is 16.0 Å². The molecular formula is C12H9N3S. The molecule has 2 heterocycles. The Hall–Kier alpha value is -1.94. The standard InChI is InChI=1S/C12H9N3S/c13-9-5-8(6-14-7-9)12-15-10-3-1-2-4-11(10)16-12/h1-7H,13H2. The number of fused-ring (bicyclic) bond motifs is 1. The number of anilines is 1. The van der Waals surface area contributed by atoms with Crippen LogP contribution in [0.4, 0.5) is 5.69 Å². The van der Waals surface area contributed by atoms with E-state index in [1.165, 1.54) is 4.70 Å². The second kappa shape index (κ2) is 3.57. The highest BCUT2D eigenvalue weighted by Gasteiger charge is 2.05. The molecule has 0 saturated carbocycles. The van der Waals surface area contributed by atoms with Crippen molar-refractivity contribution in [1.29, 1.82) is 0 Å². The van der Waals surface area contributed by atoms with Crippen molar-refractivity contribution in [2.24, 2.45) is 0 Å². The predicted octanol–water partition coefficient (Wildman–Crippen LogP) is 2.94. The molecule has 0 fully saturated rings. The van der Waals surface area contributed by atoms with Crippen LogP contribution in [0.2, 0.25) is 0 Å². The molecule has 0 aliphatic rings. The molecule has 2 N–H and O–H groups in total. The quantitative estimate of drug-likeness (QED) is 0.695. The lowest BCUT2D eigenvalue weighted by Gasteiger charge is -1.95. The minimum absolute atomic E-state index is 0.664. The molecule has 1 aromatic carbocycles. The Bertz CT molecular complexity index is 612. The Balaban J connectivity index is 2.19. The fourth-order valence-electron chi connectivity index (χ4n) is 1.57. The molecule has 0 saturated heterocycles. The van der Waals surface area contributed by atoms with Gasteiger partial charge in [-0.3, -0.25) is 4.98 Å². The summed E-state index contributed by atoms with van der Waals surface area (Å²) in [6.45, 7) is 0. The Morgan fingerprint density at radius 3 is 2.81 bits per heavy atom. The van der Waals surface area contributed by atoms with Gasteiger partial charge in [0.1, 0.15) is 5.01 Å². The Kier molecular flexibility index (Phi) is 2.08. The van der Waals surface area contributed by atoms with E-state index in [0.717, 1.165) is 16.1 Å². The summed E-state index contributed by atoms with van der Waals surface area (Å²) in [5.41, 5.74) is 8.36. The first-order valence-electron chi connectivity index (χ1n) is 4.89. The van der Waals surface area contributed by atoms with Gasteiger partial charge in [-0.2, -0.15) is 0 Å². The third-order valence-corrected chi connectivity index (χ3v) is 3.39. The third-order valence-electron chi connectivity index (χ3n) is 2.30. The molecule has 3 rings (SSSR count). The second-order valence-electron chi connectivity index (χ2n) is 3.49. The SMILES string of the molecule is Nc1cncc(-c2nc3ccccc3s2)c1. The number of hydrogen-bond donors (Lipinski definition) is 1. The van der Waals surface area contributed by atoms with Gasteiger partial charge in [0.2, 0.25) is 0 Å². The van der Waals surface area contributed by atoms with Crippen molar-refractivity contribution >= 4 is 27.2 Å². The summed E-state index contributed by atoms with van der Waals surface area (Å²) in [5, 5.41) is 0.959. The number of hydrogen-bond acceptors (Lipinski definition) is 4. The topological polar surface area (TPSA) is 51.8 Å². The van der Waals surface area contributed by atoms with Crippen LogP contribution in [-0.4, -0.2) is 9.97 Å². The predicted molar refractivity (Wildman–Crippen MR) is 67.3 cm³/mol. The fourth-order valence-corrected chi connectivity index (χ4v) is 2.52. The van der Waals surface area contributed by atoms with E-state index >= 15 is 0 Å². The number of nitrogens with zero attached hydrogens (tertiary/aromatic N) is 2. The van der Waals surface area contributed by atoms with Crippen LogP contribution in [-0.2, 0) is 0 Å². The summed E-state index contributed by atoms with van der Waals surface area (Å²) >= 11 is 1.65. The van der Waals surface area contributed by atoms with E-state index in [-0.39, 0.29) is 0 Å². The van der Waals surface area contributed by atoms with Crippen LogP contribution in [0.1, 0.15) is 0 Å². The summed E-state index contributed by atoms with van der Waals surface area (Å²) in [7, 11) is 0. The van der Waals surface area contributed by atoms with Crippen molar-refractivity contribution in [3.63, 3.8) is 0 Å². The minimum atomic E-state index is 0.664. The minimum Gasteiger partial charge on any atom is -0.397 e. The lowest BCUT2D eigenvalue weighted by molar-refractivity contribution is 1.32. The molecule has 0 amide bonds. The van der Waals surface area contributed by atoms with E-state index in [4.69, 9.17) is 5.73 Å². The molecule has 3 aromatic rings. The maximum absolute atomic E-state index is 5.70. The molecule has 0 bridgehead atoms. The molecular weight excluding hydrogens is 218 g/mol. The highest BCUT2D eigenvalue weighted by atomic mass is 32.1. The van der Waals surface area contributed by atoms with Gasteiger partial charge in [-0.15, -0.1) is 11.3 Å². The molecule has 4 heteroatoms. The van der Waals surface area contributed by atoms with Gasteiger partial charge < -0.3 is 5.73 Å². The van der Waals surface area contributed by atoms with Gasteiger partial charge in [0.05, 0.1) is 15.9 Å². The Morgan fingerprint density at radius 2 is 2.00 bits per heavy atom. The van der Waals surface area contributed by atoms with Crippen molar-refractivity contribution < 1.29 is 0 Å². The van der Waals surface area contributed by atoms with Gasteiger partial charge in [0.15, 0.2) is 0 Å². The van der Waals surface area contributed by atoms with E-state index in [0.29, 0.717) is 5.69 Å². The number of pyridine rings is 1. The number of para-hydroxylation sites is 1. The zero-order chi connectivity index (χ0) is 11.0. The van der Waals surface area contributed by atoms with Gasteiger partial charge in [-0.05, 0) is 18.2 Å². The number of rotatable bonds is 1. The van der Waals surface area contributed by atoms with Gasteiger partial charge >= 0.3 is 0 Å². The molecule has 3 nitrogen and oxygen atoms in total. The molecule has 0 atom stereocenters. The number of aromatic nitrogens is 2. The fraction of sp³-hybridized carbons (Fsp3) is 0. The largest absolute Gasteiger partial charge is 0.397 e.